The van der Waals surface area contributed by atoms with Crippen molar-refractivity contribution in [3.05, 3.63) is 27.5 Å². The van der Waals surface area contributed by atoms with Gasteiger partial charge in [-0.15, -0.1) is 11.6 Å². The Morgan fingerprint density at radius 1 is 1.64 bits per heavy atom. The second-order valence-corrected chi connectivity index (χ2v) is 3.48. The molecule has 76 valence electrons. The van der Waals surface area contributed by atoms with E-state index >= 15 is 0 Å². The van der Waals surface area contributed by atoms with Crippen molar-refractivity contribution in [1.29, 1.82) is 0 Å². The van der Waals surface area contributed by atoms with Crippen molar-refractivity contribution in [1.82, 2.24) is 4.98 Å². The van der Waals surface area contributed by atoms with E-state index in [1.54, 1.807) is 0 Å². The summed E-state index contributed by atoms with van der Waals surface area (Å²) < 4.78 is 25.1. The molecule has 0 amide bonds. The predicted octanol–water partition coefficient (Wildman–Crippen LogP) is 3.33. The Kier molecular flexibility index (Phi) is 3.95. The maximum Gasteiger partial charge on any atom is 0.266 e. The van der Waals surface area contributed by atoms with Crippen molar-refractivity contribution in [2.75, 3.05) is 0 Å². The Bertz CT molecular complexity index is 359. The van der Waals surface area contributed by atoms with E-state index in [9.17, 15) is 13.6 Å². The molecule has 0 saturated heterocycles. The molecule has 2 nitrogen and oxygen atoms in total. The molecule has 0 aliphatic carbocycles. The van der Waals surface area contributed by atoms with Crippen LogP contribution in [0.3, 0.4) is 0 Å². The number of rotatable bonds is 3. The van der Waals surface area contributed by atoms with Crippen LogP contribution < -0.4 is 0 Å². The molecule has 0 aliphatic heterocycles. The number of nitrogens with zero attached hydrogens (tertiary/aromatic N) is 1. The molecule has 1 aromatic heterocycles. The summed E-state index contributed by atoms with van der Waals surface area (Å²) in [6.45, 7) is 0. The average Bonchev–Trinajstić information content (AvgIpc) is 2.16. The molecule has 0 atom stereocenters. The number of aldehydes is 1. The summed E-state index contributed by atoms with van der Waals surface area (Å²) in [5.74, 6) is 0.0619. The molecule has 0 fully saturated rings. The summed E-state index contributed by atoms with van der Waals surface area (Å²) in [5.41, 5.74) is -0.216. The standard InChI is InChI=1S/C8H5BrClF2NO/c9-7-4(2-10)1-5(8(11)12)6(3-14)13-7/h1,3,8H,2H2. The molecule has 0 bridgehead atoms. The van der Waals surface area contributed by atoms with Gasteiger partial charge in [0.15, 0.2) is 6.29 Å². The van der Waals surface area contributed by atoms with Crippen LogP contribution in [-0.4, -0.2) is 11.3 Å². The van der Waals surface area contributed by atoms with Crippen LogP contribution in [0.25, 0.3) is 0 Å². The number of carbonyl (C=O) groups excluding carboxylic acids is 1. The van der Waals surface area contributed by atoms with Gasteiger partial charge in [-0.1, -0.05) is 0 Å². The molecule has 0 aliphatic rings. The van der Waals surface area contributed by atoms with Gasteiger partial charge >= 0.3 is 0 Å². The van der Waals surface area contributed by atoms with Crippen molar-refractivity contribution >= 4 is 33.8 Å². The van der Waals surface area contributed by atoms with Crippen LogP contribution in [0.2, 0.25) is 0 Å². The molecule has 6 heteroatoms. The number of hydrogen-bond acceptors (Lipinski definition) is 2. The summed E-state index contributed by atoms with van der Waals surface area (Å²) in [4.78, 5) is 14.1. The second-order valence-electron chi connectivity index (χ2n) is 2.46. The highest BCUT2D eigenvalue weighted by Gasteiger charge is 2.16. The minimum absolute atomic E-state index is 0.0619. The number of hydrogen-bond donors (Lipinski definition) is 0. The highest BCUT2D eigenvalue weighted by Crippen LogP contribution is 2.26. The first-order valence-corrected chi connectivity index (χ1v) is 4.91. The van der Waals surface area contributed by atoms with E-state index in [2.05, 4.69) is 20.9 Å². The van der Waals surface area contributed by atoms with E-state index in [0.29, 0.717) is 16.5 Å². The minimum Gasteiger partial charge on any atom is -0.296 e. The second kappa shape index (κ2) is 4.79. The molecule has 0 N–H and O–H groups in total. The third-order valence-electron chi connectivity index (χ3n) is 1.60. The molecular formula is C8H5BrClF2NO. The van der Waals surface area contributed by atoms with Gasteiger partial charge in [-0.2, -0.15) is 0 Å². The lowest BCUT2D eigenvalue weighted by Gasteiger charge is -2.06. The van der Waals surface area contributed by atoms with Crippen LogP contribution in [0.5, 0.6) is 0 Å². The van der Waals surface area contributed by atoms with Crippen molar-refractivity contribution in [3.8, 4) is 0 Å². The molecule has 14 heavy (non-hydrogen) atoms. The molecular weight excluding hydrogens is 279 g/mol. The van der Waals surface area contributed by atoms with E-state index in [4.69, 9.17) is 11.6 Å². The van der Waals surface area contributed by atoms with Gasteiger partial charge in [-0.3, -0.25) is 4.79 Å². The van der Waals surface area contributed by atoms with Gasteiger partial charge in [-0.05, 0) is 22.0 Å². The summed E-state index contributed by atoms with van der Waals surface area (Å²) in [6, 6.07) is 1.18. The fourth-order valence-electron chi connectivity index (χ4n) is 0.926. The van der Waals surface area contributed by atoms with E-state index in [1.165, 1.54) is 6.07 Å². The third-order valence-corrected chi connectivity index (χ3v) is 2.57. The zero-order valence-electron chi connectivity index (χ0n) is 6.81. The Morgan fingerprint density at radius 2 is 2.29 bits per heavy atom. The number of aromatic nitrogens is 1. The molecule has 0 spiro atoms. The lowest BCUT2D eigenvalue weighted by Crippen LogP contribution is -2.00. The Labute approximate surface area is 92.4 Å². The van der Waals surface area contributed by atoms with Gasteiger partial charge in [0.1, 0.15) is 10.3 Å². The van der Waals surface area contributed by atoms with Gasteiger partial charge in [0.25, 0.3) is 6.43 Å². The molecule has 1 heterocycles. The molecule has 0 unspecified atom stereocenters. The van der Waals surface area contributed by atoms with E-state index < -0.39 is 6.43 Å². The van der Waals surface area contributed by atoms with Crippen LogP contribution >= 0.6 is 27.5 Å². The summed E-state index contributed by atoms with van der Waals surface area (Å²) in [6.07, 6.45) is -2.43. The first-order valence-electron chi connectivity index (χ1n) is 3.58. The first kappa shape index (κ1) is 11.5. The minimum atomic E-state index is -2.72. The monoisotopic (exact) mass is 283 g/mol. The maximum absolute atomic E-state index is 12.4. The van der Waals surface area contributed by atoms with Gasteiger partial charge in [0.2, 0.25) is 0 Å². The summed E-state index contributed by atoms with van der Waals surface area (Å²) in [5, 5.41) is 0. The SMILES string of the molecule is O=Cc1nc(Br)c(CCl)cc1C(F)F. The molecule has 0 saturated carbocycles. The Balaban J connectivity index is 3.32. The number of alkyl halides is 3. The van der Waals surface area contributed by atoms with E-state index in [-0.39, 0.29) is 17.1 Å². The van der Waals surface area contributed by atoms with Crippen LogP contribution in [0.1, 0.15) is 28.0 Å². The van der Waals surface area contributed by atoms with E-state index in [1.807, 2.05) is 0 Å². The average molecular weight is 284 g/mol. The van der Waals surface area contributed by atoms with Crippen LogP contribution in [0, 0.1) is 0 Å². The van der Waals surface area contributed by atoms with Crippen molar-refractivity contribution < 1.29 is 13.6 Å². The Hall–Kier alpha value is -0.550. The van der Waals surface area contributed by atoms with Gasteiger partial charge in [0.05, 0.1) is 5.88 Å². The van der Waals surface area contributed by atoms with Gasteiger partial charge < -0.3 is 0 Å². The van der Waals surface area contributed by atoms with Crippen molar-refractivity contribution in [2.45, 2.75) is 12.3 Å². The normalized spacial score (nSPS) is 10.6. The molecule has 1 aromatic rings. The zero-order valence-corrected chi connectivity index (χ0v) is 9.15. The first-order chi connectivity index (χ1) is 6.60. The number of halogens is 4. The topological polar surface area (TPSA) is 30.0 Å². The molecule has 0 aromatic carbocycles. The molecule has 0 radical (unpaired) electrons. The largest absolute Gasteiger partial charge is 0.296 e. The number of pyridine rings is 1. The fourth-order valence-corrected chi connectivity index (χ4v) is 1.74. The quantitative estimate of drug-likeness (QED) is 0.484. The number of carbonyl (C=O) groups is 1. The maximum atomic E-state index is 12.4. The summed E-state index contributed by atoms with van der Waals surface area (Å²) in [7, 11) is 0. The van der Waals surface area contributed by atoms with Crippen LogP contribution in [0.4, 0.5) is 8.78 Å². The van der Waals surface area contributed by atoms with Gasteiger partial charge in [0, 0.05) is 11.1 Å². The fraction of sp³-hybridized carbons (Fsp3) is 0.250. The van der Waals surface area contributed by atoms with E-state index in [0.717, 1.165) is 0 Å². The smallest absolute Gasteiger partial charge is 0.266 e. The van der Waals surface area contributed by atoms with Crippen molar-refractivity contribution in [2.24, 2.45) is 0 Å². The third kappa shape index (κ3) is 2.27. The highest BCUT2D eigenvalue weighted by molar-refractivity contribution is 9.10. The summed E-state index contributed by atoms with van der Waals surface area (Å²) >= 11 is 8.53. The lowest BCUT2D eigenvalue weighted by atomic mass is 10.1. The lowest BCUT2D eigenvalue weighted by molar-refractivity contribution is 0.110. The van der Waals surface area contributed by atoms with Crippen LogP contribution in [-0.2, 0) is 5.88 Å². The highest BCUT2D eigenvalue weighted by atomic mass is 79.9. The van der Waals surface area contributed by atoms with Crippen LogP contribution in [0.15, 0.2) is 10.7 Å². The predicted molar refractivity (Wildman–Crippen MR) is 51.8 cm³/mol. The zero-order chi connectivity index (χ0) is 10.7. The van der Waals surface area contributed by atoms with Crippen molar-refractivity contribution in [3.63, 3.8) is 0 Å². The van der Waals surface area contributed by atoms with Gasteiger partial charge in [-0.25, -0.2) is 13.8 Å². The molecule has 1 rings (SSSR count). The Morgan fingerprint density at radius 3 is 2.71 bits per heavy atom.